The van der Waals surface area contributed by atoms with Crippen LogP contribution in [0.4, 0.5) is 0 Å². The molecule has 0 aromatic rings. The van der Waals surface area contributed by atoms with E-state index in [9.17, 15) is 0 Å². The molecule has 8 heavy (non-hydrogen) atoms. The van der Waals surface area contributed by atoms with E-state index >= 15 is 0 Å². The molecular weight excluding hydrogens is 102 g/mol. The van der Waals surface area contributed by atoms with Crippen LogP contribution in [0, 0.1) is 0 Å². The zero-order chi connectivity index (χ0) is 6.57. The van der Waals surface area contributed by atoms with E-state index < -0.39 is 0 Å². The van der Waals surface area contributed by atoms with Gasteiger partial charge < -0.3 is 5.73 Å². The lowest BCUT2D eigenvalue weighted by Gasteiger charge is -2.10. The molecule has 3 heteroatoms. The van der Waals surface area contributed by atoms with E-state index in [-0.39, 0.29) is 0 Å². The van der Waals surface area contributed by atoms with Gasteiger partial charge in [-0.3, -0.25) is 5.01 Å². The molecule has 0 radical (unpaired) electrons. The smallest absolute Gasteiger partial charge is 0.0465 e. The SMILES string of the molecule is C=CN(N)/C(C)=C\N. The summed E-state index contributed by atoms with van der Waals surface area (Å²) in [5.41, 5.74) is 5.89. The van der Waals surface area contributed by atoms with Crippen molar-refractivity contribution >= 4 is 0 Å². The molecule has 0 bridgehead atoms. The Balaban J connectivity index is 3.81. The Bertz CT molecular complexity index is 106. The number of hydrazine groups is 1. The van der Waals surface area contributed by atoms with Crippen molar-refractivity contribution in [3.63, 3.8) is 0 Å². The summed E-state index contributed by atoms with van der Waals surface area (Å²) in [5, 5.41) is 1.35. The van der Waals surface area contributed by atoms with Crippen molar-refractivity contribution in [2.75, 3.05) is 0 Å². The van der Waals surface area contributed by atoms with Crippen molar-refractivity contribution < 1.29 is 0 Å². The number of allylic oxidation sites excluding steroid dienone is 1. The standard InChI is InChI=1S/C5H11N3/c1-3-8(7)5(2)4-6/h3-4H,1,6-7H2,2H3/b5-4-. The normalized spacial score (nSPS) is 11.0. The highest BCUT2D eigenvalue weighted by Gasteiger charge is 1.87. The molecule has 46 valence electrons. The number of nitrogens with zero attached hydrogens (tertiary/aromatic N) is 1. The van der Waals surface area contributed by atoms with Gasteiger partial charge in [0.05, 0.1) is 0 Å². The van der Waals surface area contributed by atoms with Gasteiger partial charge in [-0.2, -0.15) is 0 Å². The predicted octanol–water partition coefficient (Wildman–Crippen LogP) is 0.126. The zero-order valence-electron chi connectivity index (χ0n) is 4.96. The molecule has 0 unspecified atom stereocenters. The largest absolute Gasteiger partial charge is 0.403 e. The minimum atomic E-state index is 0.778. The monoisotopic (exact) mass is 113 g/mol. The van der Waals surface area contributed by atoms with Crippen molar-refractivity contribution in [1.82, 2.24) is 5.01 Å². The summed E-state index contributed by atoms with van der Waals surface area (Å²) in [6.07, 6.45) is 2.90. The summed E-state index contributed by atoms with van der Waals surface area (Å²) < 4.78 is 0. The van der Waals surface area contributed by atoms with Gasteiger partial charge in [0.1, 0.15) is 0 Å². The maximum absolute atomic E-state index is 5.29. The second kappa shape index (κ2) is 3.10. The van der Waals surface area contributed by atoms with E-state index in [4.69, 9.17) is 11.6 Å². The molecule has 0 aromatic carbocycles. The lowest BCUT2D eigenvalue weighted by molar-refractivity contribution is 0.493. The summed E-state index contributed by atoms with van der Waals surface area (Å²) in [7, 11) is 0. The molecule has 3 nitrogen and oxygen atoms in total. The lowest BCUT2D eigenvalue weighted by Crippen LogP contribution is -2.22. The van der Waals surface area contributed by atoms with E-state index in [1.807, 2.05) is 0 Å². The first-order valence-corrected chi connectivity index (χ1v) is 2.27. The van der Waals surface area contributed by atoms with Crippen LogP contribution in [0.2, 0.25) is 0 Å². The molecule has 4 N–H and O–H groups in total. The third-order valence-electron chi connectivity index (χ3n) is 0.845. The fourth-order valence-corrected chi connectivity index (χ4v) is 0.230. The van der Waals surface area contributed by atoms with Crippen LogP contribution >= 0.6 is 0 Å². The number of hydrogen-bond donors (Lipinski definition) is 2. The average molecular weight is 113 g/mol. The fourth-order valence-electron chi connectivity index (χ4n) is 0.230. The Kier molecular flexibility index (Phi) is 2.72. The van der Waals surface area contributed by atoms with Crippen molar-refractivity contribution in [2.45, 2.75) is 6.92 Å². The molecule has 0 amide bonds. The van der Waals surface area contributed by atoms with Crippen LogP contribution < -0.4 is 11.6 Å². The first-order valence-electron chi connectivity index (χ1n) is 2.27. The third-order valence-corrected chi connectivity index (χ3v) is 0.845. The maximum Gasteiger partial charge on any atom is 0.0465 e. The van der Waals surface area contributed by atoms with Gasteiger partial charge in [-0.15, -0.1) is 0 Å². The molecule has 0 heterocycles. The van der Waals surface area contributed by atoms with E-state index in [2.05, 4.69) is 6.58 Å². The second-order valence-corrected chi connectivity index (χ2v) is 1.40. The quantitative estimate of drug-likeness (QED) is 0.395. The number of hydrogen-bond acceptors (Lipinski definition) is 3. The van der Waals surface area contributed by atoms with Gasteiger partial charge in [0, 0.05) is 18.1 Å². The number of rotatable bonds is 2. The molecular formula is C5H11N3. The van der Waals surface area contributed by atoms with Crippen molar-refractivity contribution in [2.24, 2.45) is 11.6 Å². The predicted molar refractivity (Wildman–Crippen MR) is 34.2 cm³/mol. The van der Waals surface area contributed by atoms with Gasteiger partial charge in [0.25, 0.3) is 0 Å². The van der Waals surface area contributed by atoms with E-state index in [1.54, 1.807) is 6.92 Å². The van der Waals surface area contributed by atoms with Gasteiger partial charge in [-0.25, -0.2) is 5.84 Å². The summed E-state index contributed by atoms with van der Waals surface area (Å²) in [6.45, 7) is 5.23. The summed E-state index contributed by atoms with van der Waals surface area (Å²) in [5.74, 6) is 5.29. The maximum atomic E-state index is 5.29. The topological polar surface area (TPSA) is 55.3 Å². The van der Waals surface area contributed by atoms with E-state index in [1.165, 1.54) is 17.4 Å². The molecule has 0 aliphatic heterocycles. The van der Waals surface area contributed by atoms with Gasteiger partial charge in [0.2, 0.25) is 0 Å². The fraction of sp³-hybridized carbons (Fsp3) is 0.200. The molecule has 0 spiro atoms. The Morgan fingerprint density at radius 3 is 2.38 bits per heavy atom. The summed E-state index contributed by atoms with van der Waals surface area (Å²) in [4.78, 5) is 0. The zero-order valence-corrected chi connectivity index (χ0v) is 4.96. The molecule has 0 aliphatic carbocycles. The lowest BCUT2D eigenvalue weighted by atomic mass is 10.5. The Morgan fingerprint density at radius 1 is 1.75 bits per heavy atom. The number of nitrogens with two attached hydrogens (primary N) is 2. The molecule has 0 saturated heterocycles. The van der Waals surface area contributed by atoms with Crippen LogP contribution in [-0.2, 0) is 0 Å². The Morgan fingerprint density at radius 2 is 2.25 bits per heavy atom. The Hall–Kier alpha value is -0.960. The van der Waals surface area contributed by atoms with Crippen LogP contribution in [0.5, 0.6) is 0 Å². The molecule has 0 rings (SSSR count). The van der Waals surface area contributed by atoms with E-state index in [0.29, 0.717) is 0 Å². The van der Waals surface area contributed by atoms with Crippen LogP contribution in [0.25, 0.3) is 0 Å². The Labute approximate surface area is 49.2 Å². The van der Waals surface area contributed by atoms with E-state index in [0.717, 1.165) is 5.70 Å². The first-order chi connectivity index (χ1) is 3.72. The van der Waals surface area contributed by atoms with Crippen LogP contribution in [0.15, 0.2) is 24.7 Å². The first kappa shape index (κ1) is 7.04. The molecule has 0 atom stereocenters. The summed E-state index contributed by atoms with van der Waals surface area (Å²) >= 11 is 0. The van der Waals surface area contributed by atoms with Crippen molar-refractivity contribution in [3.8, 4) is 0 Å². The highest BCUT2D eigenvalue weighted by atomic mass is 15.4. The van der Waals surface area contributed by atoms with Crippen LogP contribution in [0.3, 0.4) is 0 Å². The van der Waals surface area contributed by atoms with Crippen molar-refractivity contribution in [1.29, 1.82) is 0 Å². The molecule has 0 fully saturated rings. The summed E-state index contributed by atoms with van der Waals surface area (Å²) in [6, 6.07) is 0. The van der Waals surface area contributed by atoms with Gasteiger partial charge >= 0.3 is 0 Å². The van der Waals surface area contributed by atoms with Gasteiger partial charge in [-0.05, 0) is 6.92 Å². The average Bonchev–Trinajstić information content (AvgIpc) is 1.84. The van der Waals surface area contributed by atoms with Crippen LogP contribution in [-0.4, -0.2) is 5.01 Å². The third kappa shape index (κ3) is 1.66. The minimum Gasteiger partial charge on any atom is -0.403 e. The highest BCUT2D eigenvalue weighted by molar-refractivity contribution is 4.95. The molecule has 0 saturated carbocycles. The van der Waals surface area contributed by atoms with Crippen LogP contribution in [0.1, 0.15) is 6.92 Å². The van der Waals surface area contributed by atoms with Gasteiger partial charge in [-0.1, -0.05) is 6.58 Å². The van der Waals surface area contributed by atoms with Crippen molar-refractivity contribution in [3.05, 3.63) is 24.7 Å². The highest BCUT2D eigenvalue weighted by Crippen LogP contribution is 1.91. The molecule has 0 aliphatic rings. The second-order valence-electron chi connectivity index (χ2n) is 1.40. The molecule has 0 aromatic heterocycles. The van der Waals surface area contributed by atoms with Gasteiger partial charge in [0.15, 0.2) is 0 Å². The minimum absolute atomic E-state index is 0.778.